The van der Waals surface area contributed by atoms with Crippen molar-refractivity contribution < 1.29 is 6.17 Å². The summed E-state index contributed by atoms with van der Waals surface area (Å²) in [5, 5.41) is 0. The van der Waals surface area contributed by atoms with Crippen LogP contribution in [0.1, 0.15) is 47.3 Å². The highest BCUT2D eigenvalue weighted by Crippen LogP contribution is 2.26. The SMILES string of the molecule is [2H]C1=C(C(=O)CCCC)C(C)CC1. The van der Waals surface area contributed by atoms with Gasteiger partial charge in [0, 0.05) is 6.42 Å². The number of hydrogen-bond acceptors (Lipinski definition) is 1. The summed E-state index contributed by atoms with van der Waals surface area (Å²) in [4.78, 5) is 11.6. The Kier molecular flexibility index (Phi) is 2.97. The van der Waals surface area contributed by atoms with Crippen LogP contribution in [0.3, 0.4) is 0 Å². The zero-order valence-electron chi connectivity index (χ0n) is 9.02. The van der Waals surface area contributed by atoms with Crippen molar-refractivity contribution in [2.24, 2.45) is 5.92 Å². The first kappa shape index (κ1) is 8.03. The second kappa shape index (κ2) is 4.44. The highest BCUT2D eigenvalue weighted by atomic mass is 16.1. The molecule has 0 aromatic heterocycles. The summed E-state index contributed by atoms with van der Waals surface area (Å²) in [6.07, 6.45) is 4.45. The van der Waals surface area contributed by atoms with Crippen LogP contribution in [0.2, 0.25) is 0 Å². The van der Waals surface area contributed by atoms with Crippen molar-refractivity contribution in [2.45, 2.75) is 46.0 Å². The minimum Gasteiger partial charge on any atom is -0.295 e. The summed E-state index contributed by atoms with van der Waals surface area (Å²) in [6, 6.07) is 0.591. The Morgan fingerprint density at radius 1 is 1.83 bits per heavy atom. The number of allylic oxidation sites excluding steroid dienone is 2. The van der Waals surface area contributed by atoms with Crippen LogP contribution in [-0.2, 0) is 4.79 Å². The Morgan fingerprint density at radius 2 is 2.58 bits per heavy atom. The van der Waals surface area contributed by atoms with E-state index >= 15 is 0 Å². The number of unbranched alkanes of at least 4 members (excludes halogenated alkanes) is 1. The minimum absolute atomic E-state index is 0.219. The van der Waals surface area contributed by atoms with Gasteiger partial charge in [0.2, 0.25) is 0 Å². The first-order chi connectivity index (χ1) is 6.16. The van der Waals surface area contributed by atoms with Crippen molar-refractivity contribution in [1.82, 2.24) is 0 Å². The van der Waals surface area contributed by atoms with Gasteiger partial charge in [-0.15, -0.1) is 0 Å². The third kappa shape index (κ3) is 2.20. The lowest BCUT2D eigenvalue weighted by molar-refractivity contribution is -0.116. The van der Waals surface area contributed by atoms with Crippen LogP contribution in [0.15, 0.2) is 11.6 Å². The van der Waals surface area contributed by atoms with Crippen LogP contribution < -0.4 is 0 Å². The molecule has 0 spiro atoms. The van der Waals surface area contributed by atoms with Gasteiger partial charge in [0.25, 0.3) is 0 Å². The lowest BCUT2D eigenvalue weighted by Gasteiger charge is -2.06. The summed E-state index contributed by atoms with van der Waals surface area (Å²) in [6.45, 7) is 4.14. The van der Waals surface area contributed by atoms with E-state index in [0.29, 0.717) is 18.4 Å². The summed E-state index contributed by atoms with van der Waals surface area (Å²) < 4.78 is 7.64. The molecule has 1 rings (SSSR count). The van der Waals surface area contributed by atoms with Gasteiger partial charge in [-0.1, -0.05) is 26.3 Å². The van der Waals surface area contributed by atoms with Gasteiger partial charge in [0.05, 0.1) is 1.37 Å². The van der Waals surface area contributed by atoms with E-state index in [-0.39, 0.29) is 5.78 Å². The average molecular weight is 167 g/mol. The quantitative estimate of drug-likeness (QED) is 0.628. The van der Waals surface area contributed by atoms with Gasteiger partial charge >= 0.3 is 0 Å². The first-order valence-corrected chi connectivity index (χ1v) is 4.89. The van der Waals surface area contributed by atoms with Crippen molar-refractivity contribution in [1.29, 1.82) is 0 Å². The zero-order chi connectivity index (χ0) is 9.84. The first-order valence-electron chi connectivity index (χ1n) is 5.39. The summed E-state index contributed by atoms with van der Waals surface area (Å²) in [5.41, 5.74) is 0.813. The molecule has 0 radical (unpaired) electrons. The van der Waals surface area contributed by atoms with Crippen LogP contribution >= 0.6 is 0 Å². The van der Waals surface area contributed by atoms with Crippen LogP contribution in [-0.4, -0.2) is 5.78 Å². The van der Waals surface area contributed by atoms with E-state index in [0.717, 1.165) is 31.3 Å². The highest BCUT2D eigenvalue weighted by molar-refractivity contribution is 5.96. The van der Waals surface area contributed by atoms with Crippen LogP contribution in [0.5, 0.6) is 0 Å². The Morgan fingerprint density at radius 3 is 3.08 bits per heavy atom. The predicted molar refractivity (Wildman–Crippen MR) is 51.0 cm³/mol. The molecule has 1 heteroatoms. The lowest BCUT2D eigenvalue weighted by Crippen LogP contribution is -2.06. The van der Waals surface area contributed by atoms with E-state index in [9.17, 15) is 4.79 Å². The van der Waals surface area contributed by atoms with Gasteiger partial charge in [0.1, 0.15) is 0 Å². The highest BCUT2D eigenvalue weighted by Gasteiger charge is 2.19. The molecule has 0 aliphatic heterocycles. The maximum absolute atomic E-state index is 11.6. The van der Waals surface area contributed by atoms with Gasteiger partial charge < -0.3 is 0 Å². The molecular formula is C11H18O. The van der Waals surface area contributed by atoms with Crippen LogP contribution in [0.4, 0.5) is 0 Å². The molecule has 0 aromatic rings. The third-order valence-electron chi connectivity index (χ3n) is 2.44. The second-order valence-electron chi connectivity index (χ2n) is 3.56. The monoisotopic (exact) mass is 167 g/mol. The van der Waals surface area contributed by atoms with E-state index in [1.54, 1.807) is 0 Å². The number of carbonyl (C=O) groups excluding carboxylic acids is 1. The summed E-state index contributed by atoms with van der Waals surface area (Å²) in [7, 11) is 0. The number of carbonyl (C=O) groups is 1. The molecule has 0 aromatic carbocycles. The van der Waals surface area contributed by atoms with Crippen LogP contribution in [0, 0.1) is 5.92 Å². The predicted octanol–water partition coefficient (Wildman–Crippen LogP) is 3.10. The Hall–Kier alpha value is -0.590. The molecule has 1 aliphatic carbocycles. The molecule has 68 valence electrons. The summed E-state index contributed by atoms with van der Waals surface area (Å²) in [5.74, 6) is 0.550. The molecule has 0 N–H and O–H groups in total. The van der Waals surface area contributed by atoms with E-state index in [1.165, 1.54) is 0 Å². The Bertz CT molecular complexity index is 230. The second-order valence-corrected chi connectivity index (χ2v) is 3.56. The summed E-state index contributed by atoms with van der Waals surface area (Å²) >= 11 is 0. The van der Waals surface area contributed by atoms with E-state index in [4.69, 9.17) is 1.37 Å². The molecule has 1 nitrogen and oxygen atoms in total. The Labute approximate surface area is 76.3 Å². The molecule has 12 heavy (non-hydrogen) atoms. The van der Waals surface area contributed by atoms with Crippen molar-refractivity contribution in [3.63, 3.8) is 0 Å². The van der Waals surface area contributed by atoms with E-state index < -0.39 is 0 Å². The Balaban J connectivity index is 2.59. The van der Waals surface area contributed by atoms with Crippen molar-refractivity contribution >= 4 is 5.78 Å². The van der Waals surface area contributed by atoms with Gasteiger partial charge in [-0.05, 0) is 30.8 Å². The molecule has 0 bridgehead atoms. The van der Waals surface area contributed by atoms with Crippen molar-refractivity contribution in [3.05, 3.63) is 11.6 Å². The molecule has 0 amide bonds. The maximum atomic E-state index is 11.6. The molecule has 0 saturated heterocycles. The van der Waals surface area contributed by atoms with Gasteiger partial charge in [0.15, 0.2) is 5.78 Å². The fourth-order valence-corrected chi connectivity index (χ4v) is 1.59. The molecule has 1 aliphatic rings. The van der Waals surface area contributed by atoms with Crippen molar-refractivity contribution in [3.8, 4) is 0 Å². The lowest BCUT2D eigenvalue weighted by atomic mass is 9.97. The zero-order valence-corrected chi connectivity index (χ0v) is 8.02. The van der Waals surface area contributed by atoms with Gasteiger partial charge in [-0.2, -0.15) is 0 Å². The molecule has 0 saturated carbocycles. The fourth-order valence-electron chi connectivity index (χ4n) is 1.59. The van der Waals surface area contributed by atoms with E-state index in [2.05, 4.69) is 13.8 Å². The average Bonchev–Trinajstić information content (AvgIpc) is 2.42. The van der Waals surface area contributed by atoms with Crippen molar-refractivity contribution in [2.75, 3.05) is 0 Å². The third-order valence-corrected chi connectivity index (χ3v) is 2.44. The molecular weight excluding hydrogens is 148 g/mol. The molecule has 0 heterocycles. The van der Waals surface area contributed by atoms with E-state index in [1.807, 2.05) is 0 Å². The topological polar surface area (TPSA) is 17.1 Å². The smallest absolute Gasteiger partial charge is 0.158 e. The number of hydrogen-bond donors (Lipinski definition) is 0. The number of rotatable bonds is 4. The normalized spacial score (nSPS) is 24.5. The number of ketones is 1. The minimum atomic E-state index is 0.219. The molecule has 1 unspecified atom stereocenters. The fraction of sp³-hybridized carbons (Fsp3) is 0.727. The van der Waals surface area contributed by atoms with Gasteiger partial charge in [-0.3, -0.25) is 4.79 Å². The van der Waals surface area contributed by atoms with Crippen LogP contribution in [0.25, 0.3) is 0 Å². The maximum Gasteiger partial charge on any atom is 0.158 e. The molecule has 0 fully saturated rings. The largest absolute Gasteiger partial charge is 0.295 e. The molecule has 1 atom stereocenters. The number of Topliss-reactive ketones (excluding diaryl/α,β-unsaturated/α-hetero) is 1. The standard InChI is InChI=1S/C11H18O/c1-3-4-8-11(12)10-7-5-6-9(10)2/h7,9H,3-6,8H2,1-2H3/i7D. The van der Waals surface area contributed by atoms with Gasteiger partial charge in [-0.25, -0.2) is 0 Å².